The van der Waals surface area contributed by atoms with Crippen LogP contribution in [0.3, 0.4) is 0 Å². The van der Waals surface area contributed by atoms with E-state index in [1.807, 2.05) is 74.7 Å². The molecule has 2 aromatic carbocycles. The van der Waals surface area contributed by atoms with E-state index in [4.69, 9.17) is 9.73 Å². The molecule has 38 heavy (non-hydrogen) atoms. The Labute approximate surface area is 226 Å². The fourth-order valence-corrected chi connectivity index (χ4v) is 6.12. The van der Waals surface area contributed by atoms with E-state index in [-0.39, 0.29) is 23.6 Å². The van der Waals surface area contributed by atoms with Gasteiger partial charge in [-0.3, -0.25) is 14.4 Å². The van der Waals surface area contributed by atoms with Crippen LogP contribution < -0.4 is 0 Å². The zero-order valence-electron chi connectivity index (χ0n) is 22.7. The Bertz CT molecular complexity index is 1570. The van der Waals surface area contributed by atoms with Crippen molar-refractivity contribution >= 4 is 23.0 Å². The zero-order valence-corrected chi connectivity index (χ0v) is 23.5. The molecule has 1 atom stereocenters. The molecule has 4 aromatic rings. The highest BCUT2D eigenvalue weighted by Crippen LogP contribution is 2.40. The lowest BCUT2D eigenvalue weighted by atomic mass is 9.84. The number of nitrogens with zero attached hydrogens (tertiary/aromatic N) is 4. The van der Waals surface area contributed by atoms with Crippen molar-refractivity contribution < 1.29 is 13.9 Å². The lowest BCUT2D eigenvalue weighted by Gasteiger charge is -2.21. The standard InChI is InChI=1S/C30H31FN4O2S/c1-16-17(2)38-29-25(16)27(32-23(15-24(36)37-7)28-34-33-18(3)35(28)29)20-13-11-19(12-14-20)21-9-8-10-22(26(21)31)30(4,5)6/h8-14,23H,15H2,1-7H3/t23-/m0/s1. The number of esters is 1. The fourth-order valence-electron chi connectivity index (χ4n) is 4.91. The molecule has 0 N–H and O–H groups in total. The number of rotatable bonds is 4. The van der Waals surface area contributed by atoms with Gasteiger partial charge in [0.05, 0.1) is 19.2 Å². The fraction of sp³-hybridized carbons (Fsp3) is 0.333. The average molecular weight is 531 g/mol. The third kappa shape index (κ3) is 4.36. The summed E-state index contributed by atoms with van der Waals surface area (Å²) in [7, 11) is 1.37. The number of carbonyl (C=O) groups is 1. The molecule has 0 aliphatic carbocycles. The van der Waals surface area contributed by atoms with Crippen LogP contribution >= 0.6 is 11.3 Å². The van der Waals surface area contributed by atoms with Gasteiger partial charge in [0.1, 0.15) is 22.7 Å². The van der Waals surface area contributed by atoms with Crippen molar-refractivity contribution in [1.82, 2.24) is 14.8 Å². The van der Waals surface area contributed by atoms with Crippen molar-refractivity contribution in [2.45, 2.75) is 59.4 Å². The number of aryl methyl sites for hydroxylation is 2. The van der Waals surface area contributed by atoms with E-state index in [1.54, 1.807) is 11.3 Å². The van der Waals surface area contributed by atoms with E-state index in [1.165, 1.54) is 12.0 Å². The van der Waals surface area contributed by atoms with Crippen molar-refractivity contribution in [3.63, 3.8) is 0 Å². The molecule has 0 bridgehead atoms. The Morgan fingerprint density at radius 2 is 1.74 bits per heavy atom. The molecule has 3 heterocycles. The molecule has 2 aromatic heterocycles. The molecule has 1 aliphatic rings. The number of hydrogen-bond donors (Lipinski definition) is 0. The Balaban J connectivity index is 1.65. The maximum absolute atomic E-state index is 15.5. The van der Waals surface area contributed by atoms with Gasteiger partial charge in [0.25, 0.3) is 0 Å². The maximum Gasteiger partial charge on any atom is 0.308 e. The average Bonchev–Trinajstić information content (AvgIpc) is 3.35. The number of halogens is 1. The van der Waals surface area contributed by atoms with Crippen LogP contribution in [0.4, 0.5) is 4.39 Å². The summed E-state index contributed by atoms with van der Waals surface area (Å²) in [5.74, 6) is 0.784. The molecule has 0 spiro atoms. The quantitative estimate of drug-likeness (QED) is 0.272. The van der Waals surface area contributed by atoms with Crippen molar-refractivity contribution in [2.24, 2.45) is 4.99 Å². The number of fused-ring (bicyclic) bond motifs is 3. The number of carbonyl (C=O) groups excluding carboxylic acids is 1. The van der Waals surface area contributed by atoms with Gasteiger partial charge < -0.3 is 4.74 Å². The molecule has 0 saturated carbocycles. The van der Waals surface area contributed by atoms with E-state index in [0.29, 0.717) is 17.0 Å². The predicted molar refractivity (Wildman–Crippen MR) is 149 cm³/mol. The molecular weight excluding hydrogens is 499 g/mol. The number of hydrogen-bond acceptors (Lipinski definition) is 6. The Hall–Kier alpha value is -3.65. The summed E-state index contributed by atoms with van der Waals surface area (Å²) < 4.78 is 22.5. The van der Waals surface area contributed by atoms with E-state index < -0.39 is 6.04 Å². The number of thiophene rings is 1. The summed E-state index contributed by atoms with van der Waals surface area (Å²) in [5.41, 5.74) is 5.53. The van der Waals surface area contributed by atoms with Crippen LogP contribution in [0.2, 0.25) is 0 Å². The van der Waals surface area contributed by atoms with Crippen LogP contribution in [0.15, 0.2) is 47.5 Å². The Kier molecular flexibility index (Phi) is 6.55. The summed E-state index contributed by atoms with van der Waals surface area (Å²) >= 11 is 1.66. The Morgan fingerprint density at radius 1 is 1.05 bits per heavy atom. The van der Waals surface area contributed by atoms with Crippen molar-refractivity contribution in [3.05, 3.63) is 87.1 Å². The van der Waals surface area contributed by atoms with Crippen LogP contribution in [-0.2, 0) is 14.9 Å². The summed E-state index contributed by atoms with van der Waals surface area (Å²) in [6, 6.07) is 12.8. The third-order valence-electron chi connectivity index (χ3n) is 7.10. The predicted octanol–water partition coefficient (Wildman–Crippen LogP) is 6.81. The zero-order chi connectivity index (χ0) is 27.4. The summed E-state index contributed by atoms with van der Waals surface area (Å²) in [6.45, 7) is 12.1. The van der Waals surface area contributed by atoms with Crippen LogP contribution in [0.25, 0.3) is 16.1 Å². The van der Waals surface area contributed by atoms with Crippen LogP contribution in [-0.4, -0.2) is 33.6 Å². The highest BCUT2D eigenvalue weighted by molar-refractivity contribution is 7.15. The Morgan fingerprint density at radius 3 is 2.39 bits per heavy atom. The normalized spacial score (nSPS) is 14.9. The molecule has 0 amide bonds. The number of ether oxygens (including phenoxy) is 1. The van der Waals surface area contributed by atoms with Crippen LogP contribution in [0.5, 0.6) is 0 Å². The van der Waals surface area contributed by atoms with Gasteiger partial charge in [-0.15, -0.1) is 21.5 Å². The molecule has 5 rings (SSSR count). The summed E-state index contributed by atoms with van der Waals surface area (Å²) in [6.07, 6.45) is 0.0496. The minimum absolute atomic E-state index is 0.0496. The summed E-state index contributed by atoms with van der Waals surface area (Å²) in [4.78, 5) is 18.6. The van der Waals surface area contributed by atoms with E-state index in [2.05, 4.69) is 24.0 Å². The smallest absolute Gasteiger partial charge is 0.308 e. The van der Waals surface area contributed by atoms with E-state index in [9.17, 15) is 4.79 Å². The summed E-state index contributed by atoms with van der Waals surface area (Å²) in [5, 5.41) is 9.69. The molecule has 8 heteroatoms. The number of aliphatic imine (C=N–C) groups is 1. The van der Waals surface area contributed by atoms with Gasteiger partial charge in [-0.2, -0.15) is 0 Å². The molecule has 0 fully saturated rings. The monoisotopic (exact) mass is 530 g/mol. The minimum atomic E-state index is -0.557. The van der Waals surface area contributed by atoms with Crippen molar-refractivity contribution in [2.75, 3.05) is 7.11 Å². The molecule has 196 valence electrons. The highest BCUT2D eigenvalue weighted by Gasteiger charge is 2.32. The molecular formula is C30H31FN4O2S. The van der Waals surface area contributed by atoms with Gasteiger partial charge in [-0.05, 0) is 42.9 Å². The second-order valence-corrected chi connectivity index (χ2v) is 11.9. The first kappa shape index (κ1) is 26.0. The van der Waals surface area contributed by atoms with Crippen LogP contribution in [0.1, 0.15) is 72.0 Å². The third-order valence-corrected chi connectivity index (χ3v) is 8.30. The van der Waals surface area contributed by atoms with Crippen molar-refractivity contribution in [1.29, 1.82) is 0 Å². The number of benzene rings is 2. The molecule has 1 aliphatic heterocycles. The van der Waals surface area contributed by atoms with Gasteiger partial charge in [-0.1, -0.05) is 63.2 Å². The topological polar surface area (TPSA) is 69.4 Å². The second kappa shape index (κ2) is 9.58. The van der Waals surface area contributed by atoms with Gasteiger partial charge >= 0.3 is 5.97 Å². The van der Waals surface area contributed by atoms with Gasteiger partial charge in [0.15, 0.2) is 5.82 Å². The van der Waals surface area contributed by atoms with Crippen LogP contribution in [0, 0.1) is 26.6 Å². The van der Waals surface area contributed by atoms with Gasteiger partial charge in [-0.25, -0.2) is 4.39 Å². The molecule has 0 radical (unpaired) electrons. The first-order chi connectivity index (χ1) is 18.0. The lowest BCUT2D eigenvalue weighted by molar-refractivity contribution is -0.141. The first-order valence-electron chi connectivity index (χ1n) is 12.6. The van der Waals surface area contributed by atoms with Crippen molar-refractivity contribution in [3.8, 4) is 16.1 Å². The lowest BCUT2D eigenvalue weighted by Crippen LogP contribution is -2.14. The molecule has 0 unspecified atom stereocenters. The minimum Gasteiger partial charge on any atom is -0.469 e. The van der Waals surface area contributed by atoms with E-state index in [0.717, 1.165) is 38.8 Å². The SMILES string of the molecule is COC(=O)C[C@@H]1N=C(c2ccc(-c3cccc(C(C)(C)C)c3F)cc2)c2c(sc(C)c2C)-n2c(C)nnc21. The number of methoxy groups -OCH3 is 1. The van der Waals surface area contributed by atoms with Gasteiger partial charge in [0, 0.05) is 21.6 Å². The number of aromatic nitrogens is 3. The molecule has 0 saturated heterocycles. The molecule has 6 nitrogen and oxygen atoms in total. The largest absolute Gasteiger partial charge is 0.469 e. The first-order valence-corrected chi connectivity index (χ1v) is 13.4. The maximum atomic E-state index is 15.5. The van der Waals surface area contributed by atoms with Gasteiger partial charge in [0.2, 0.25) is 0 Å². The van der Waals surface area contributed by atoms with E-state index >= 15 is 4.39 Å². The second-order valence-electron chi connectivity index (χ2n) is 10.7. The highest BCUT2D eigenvalue weighted by atomic mass is 32.1.